The van der Waals surface area contributed by atoms with E-state index in [-0.39, 0.29) is 23.8 Å². The molecule has 4 rings (SSSR count). The van der Waals surface area contributed by atoms with Crippen molar-refractivity contribution in [3.63, 3.8) is 0 Å². The van der Waals surface area contributed by atoms with E-state index in [9.17, 15) is 9.90 Å². The van der Waals surface area contributed by atoms with Crippen molar-refractivity contribution in [3.8, 4) is 0 Å². The van der Waals surface area contributed by atoms with Crippen molar-refractivity contribution in [1.82, 2.24) is 14.7 Å². The SMILES string of the molecule is Cc1cnn(CCC(=O)N2C[C@H]3COCC[C@@]3(O)[C@@H]3COCC[C@@H]32)c1. The number of fused-ring (bicyclic) bond motifs is 3. The number of aryl methyl sites for hydroxylation is 2. The van der Waals surface area contributed by atoms with Gasteiger partial charge in [-0.1, -0.05) is 0 Å². The molecule has 0 radical (unpaired) electrons. The molecule has 1 aromatic heterocycles. The van der Waals surface area contributed by atoms with E-state index in [0.29, 0.717) is 52.4 Å². The molecule has 0 unspecified atom stereocenters. The molecule has 1 aromatic rings. The van der Waals surface area contributed by atoms with E-state index in [1.165, 1.54) is 0 Å². The second kappa shape index (κ2) is 6.70. The summed E-state index contributed by atoms with van der Waals surface area (Å²) in [5.74, 6) is 0.0950. The van der Waals surface area contributed by atoms with Crippen LogP contribution in [0.3, 0.4) is 0 Å². The van der Waals surface area contributed by atoms with E-state index < -0.39 is 5.60 Å². The fourth-order valence-electron chi connectivity index (χ4n) is 4.69. The minimum Gasteiger partial charge on any atom is -0.389 e. The van der Waals surface area contributed by atoms with Gasteiger partial charge in [-0.3, -0.25) is 9.48 Å². The average Bonchev–Trinajstić information content (AvgIpc) is 3.04. The summed E-state index contributed by atoms with van der Waals surface area (Å²) in [5.41, 5.74) is 0.332. The van der Waals surface area contributed by atoms with E-state index in [1.807, 2.05) is 22.7 Å². The van der Waals surface area contributed by atoms with Gasteiger partial charge in [0.25, 0.3) is 0 Å². The predicted octanol–water partition coefficient (Wildman–Crippen LogP) is 0.597. The van der Waals surface area contributed by atoms with E-state index in [4.69, 9.17) is 9.47 Å². The maximum atomic E-state index is 12.9. The molecule has 7 heteroatoms. The van der Waals surface area contributed by atoms with Gasteiger partial charge in [0.05, 0.1) is 25.0 Å². The second-order valence-electron chi connectivity index (χ2n) is 7.63. The van der Waals surface area contributed by atoms with Crippen LogP contribution >= 0.6 is 0 Å². The highest BCUT2D eigenvalue weighted by atomic mass is 16.5. The number of piperidine rings is 1. The van der Waals surface area contributed by atoms with Gasteiger partial charge in [0.15, 0.2) is 0 Å². The van der Waals surface area contributed by atoms with Gasteiger partial charge in [-0.25, -0.2) is 0 Å². The summed E-state index contributed by atoms with van der Waals surface area (Å²) >= 11 is 0. The molecule has 1 amide bonds. The minimum absolute atomic E-state index is 0.0141. The van der Waals surface area contributed by atoms with Crippen molar-refractivity contribution in [2.45, 2.75) is 44.4 Å². The maximum Gasteiger partial charge on any atom is 0.224 e. The Bertz CT molecular complexity index is 634. The number of hydrogen-bond donors (Lipinski definition) is 1. The van der Waals surface area contributed by atoms with Gasteiger partial charge >= 0.3 is 0 Å². The molecular weight excluding hydrogens is 322 g/mol. The summed E-state index contributed by atoms with van der Waals surface area (Å²) in [6.07, 6.45) is 5.62. The normalized spacial score (nSPS) is 35.1. The molecule has 4 heterocycles. The van der Waals surface area contributed by atoms with Gasteiger partial charge in [0.2, 0.25) is 5.91 Å². The number of hydrogen-bond acceptors (Lipinski definition) is 5. The number of aromatic nitrogens is 2. The van der Waals surface area contributed by atoms with Gasteiger partial charge in [-0.05, 0) is 18.9 Å². The summed E-state index contributed by atoms with van der Waals surface area (Å²) in [5, 5.41) is 15.5. The van der Waals surface area contributed by atoms with Crippen LogP contribution in [-0.2, 0) is 20.8 Å². The maximum absolute atomic E-state index is 12.9. The smallest absolute Gasteiger partial charge is 0.224 e. The topological polar surface area (TPSA) is 76.8 Å². The molecular formula is C18H27N3O4. The first-order valence-electron chi connectivity index (χ1n) is 9.24. The third-order valence-electron chi connectivity index (χ3n) is 6.09. The van der Waals surface area contributed by atoms with Crippen LogP contribution in [0.25, 0.3) is 0 Å². The summed E-state index contributed by atoms with van der Waals surface area (Å²) < 4.78 is 13.1. The van der Waals surface area contributed by atoms with Crippen LogP contribution in [-0.4, -0.2) is 70.3 Å². The third-order valence-corrected chi connectivity index (χ3v) is 6.09. The number of rotatable bonds is 3. The molecule has 0 aliphatic carbocycles. The number of nitrogens with zero attached hydrogens (tertiary/aromatic N) is 3. The summed E-state index contributed by atoms with van der Waals surface area (Å²) in [7, 11) is 0. The molecule has 3 aliphatic heterocycles. The minimum atomic E-state index is -0.765. The molecule has 7 nitrogen and oxygen atoms in total. The van der Waals surface area contributed by atoms with Crippen LogP contribution in [0.15, 0.2) is 12.4 Å². The number of likely N-dealkylation sites (tertiary alicyclic amines) is 1. The van der Waals surface area contributed by atoms with Crippen LogP contribution in [0.4, 0.5) is 0 Å². The quantitative estimate of drug-likeness (QED) is 0.865. The van der Waals surface area contributed by atoms with Gasteiger partial charge in [0, 0.05) is 63.2 Å². The Kier molecular flexibility index (Phi) is 4.56. The molecule has 3 saturated heterocycles. The monoisotopic (exact) mass is 349 g/mol. The fraction of sp³-hybridized carbons (Fsp3) is 0.778. The lowest BCUT2D eigenvalue weighted by Gasteiger charge is -2.57. The van der Waals surface area contributed by atoms with E-state index in [0.717, 1.165) is 12.0 Å². The Labute approximate surface area is 147 Å². The highest BCUT2D eigenvalue weighted by Crippen LogP contribution is 2.44. The lowest BCUT2D eigenvalue weighted by Crippen LogP contribution is -2.68. The van der Waals surface area contributed by atoms with E-state index in [1.54, 1.807) is 6.20 Å². The van der Waals surface area contributed by atoms with E-state index >= 15 is 0 Å². The molecule has 1 N–H and O–H groups in total. The molecule has 0 spiro atoms. The Balaban J connectivity index is 1.49. The van der Waals surface area contributed by atoms with Crippen LogP contribution in [0.5, 0.6) is 0 Å². The molecule has 0 bridgehead atoms. The zero-order valence-electron chi connectivity index (χ0n) is 14.8. The Morgan fingerprint density at radius 3 is 3.04 bits per heavy atom. The van der Waals surface area contributed by atoms with Crippen molar-refractivity contribution in [2.75, 3.05) is 33.0 Å². The predicted molar refractivity (Wildman–Crippen MR) is 89.9 cm³/mol. The molecule has 25 heavy (non-hydrogen) atoms. The number of amides is 1. The number of carbonyl (C=O) groups is 1. The first-order chi connectivity index (χ1) is 12.1. The zero-order chi connectivity index (χ0) is 17.4. The van der Waals surface area contributed by atoms with Crippen LogP contribution in [0.1, 0.15) is 24.8 Å². The molecule has 138 valence electrons. The van der Waals surface area contributed by atoms with Crippen LogP contribution in [0.2, 0.25) is 0 Å². The molecule has 0 aromatic carbocycles. The van der Waals surface area contributed by atoms with Crippen LogP contribution in [0, 0.1) is 18.8 Å². The lowest BCUT2D eigenvalue weighted by molar-refractivity contribution is -0.219. The molecule has 3 aliphatic rings. The Morgan fingerprint density at radius 2 is 2.24 bits per heavy atom. The van der Waals surface area contributed by atoms with Crippen LogP contribution < -0.4 is 0 Å². The van der Waals surface area contributed by atoms with Crippen molar-refractivity contribution >= 4 is 5.91 Å². The highest BCUT2D eigenvalue weighted by molar-refractivity contribution is 5.76. The fourth-order valence-corrected chi connectivity index (χ4v) is 4.69. The molecule has 3 fully saturated rings. The second-order valence-corrected chi connectivity index (χ2v) is 7.63. The largest absolute Gasteiger partial charge is 0.389 e. The van der Waals surface area contributed by atoms with Crippen molar-refractivity contribution in [1.29, 1.82) is 0 Å². The highest BCUT2D eigenvalue weighted by Gasteiger charge is 2.56. The summed E-state index contributed by atoms with van der Waals surface area (Å²) in [6.45, 7) is 5.44. The number of carbonyl (C=O) groups excluding carboxylic acids is 1. The van der Waals surface area contributed by atoms with Gasteiger partial charge in [0.1, 0.15) is 0 Å². The summed E-state index contributed by atoms with van der Waals surface area (Å²) in [6, 6.07) is 0.0694. The first-order valence-corrected chi connectivity index (χ1v) is 9.24. The lowest BCUT2D eigenvalue weighted by atomic mass is 9.66. The third kappa shape index (κ3) is 3.09. The average molecular weight is 349 g/mol. The number of aliphatic hydroxyl groups is 1. The van der Waals surface area contributed by atoms with E-state index in [2.05, 4.69) is 5.10 Å². The standard InChI is InChI=1S/C18H27N3O4/c1-13-8-19-20(9-13)5-2-17(22)21-10-14-11-25-7-4-18(14,23)15-12-24-6-3-16(15)21/h8-9,14-16,23H,2-7,10-12H2,1H3/t14-,15+,16-,18-/m0/s1. The zero-order valence-corrected chi connectivity index (χ0v) is 14.8. The van der Waals surface area contributed by atoms with Crippen molar-refractivity contribution in [2.24, 2.45) is 11.8 Å². The van der Waals surface area contributed by atoms with Crippen molar-refractivity contribution < 1.29 is 19.4 Å². The van der Waals surface area contributed by atoms with Gasteiger partial charge < -0.3 is 19.5 Å². The molecule has 4 atom stereocenters. The first kappa shape index (κ1) is 17.0. The van der Waals surface area contributed by atoms with Gasteiger partial charge in [-0.2, -0.15) is 5.10 Å². The number of ether oxygens (including phenoxy) is 2. The van der Waals surface area contributed by atoms with Gasteiger partial charge in [-0.15, -0.1) is 0 Å². The molecule has 0 saturated carbocycles. The summed E-state index contributed by atoms with van der Waals surface area (Å²) in [4.78, 5) is 14.9. The van der Waals surface area contributed by atoms with Crippen molar-refractivity contribution in [3.05, 3.63) is 18.0 Å². The Hall–Kier alpha value is -1.44. The Morgan fingerprint density at radius 1 is 1.40 bits per heavy atom.